The van der Waals surface area contributed by atoms with Crippen LogP contribution in [0.2, 0.25) is 0 Å². The molecule has 0 heterocycles. The third kappa shape index (κ3) is 7.90. The second kappa shape index (κ2) is 8.78. The highest BCUT2D eigenvalue weighted by Crippen LogP contribution is 2.25. The van der Waals surface area contributed by atoms with E-state index in [-0.39, 0.29) is 5.92 Å². The average molecular weight is 226 g/mol. The molecule has 1 nitrogen and oxygen atoms in total. The summed E-state index contributed by atoms with van der Waals surface area (Å²) in [6.45, 7) is 11.3. The van der Waals surface area contributed by atoms with Crippen LogP contribution in [0.15, 0.2) is 0 Å². The zero-order valence-electron chi connectivity index (χ0n) is 11.8. The van der Waals surface area contributed by atoms with Gasteiger partial charge in [0.2, 0.25) is 0 Å². The Balaban J connectivity index is 3.76. The maximum Gasteiger partial charge on any atom is 0.122 e. The van der Waals surface area contributed by atoms with Crippen LogP contribution in [0.5, 0.6) is 0 Å². The highest BCUT2D eigenvalue weighted by atomic mass is 16.1. The van der Waals surface area contributed by atoms with Crippen molar-refractivity contribution in [3.8, 4) is 0 Å². The molecule has 0 aromatic rings. The first kappa shape index (κ1) is 15.7. The van der Waals surface area contributed by atoms with Gasteiger partial charge in [0.05, 0.1) is 0 Å². The molecule has 0 aliphatic rings. The monoisotopic (exact) mass is 226 g/mol. The van der Waals surface area contributed by atoms with E-state index < -0.39 is 0 Å². The topological polar surface area (TPSA) is 17.1 Å². The lowest BCUT2D eigenvalue weighted by Gasteiger charge is -2.21. The van der Waals surface area contributed by atoms with Crippen LogP contribution in [0.1, 0.15) is 66.7 Å². The molecule has 0 saturated heterocycles. The first-order chi connectivity index (χ1) is 7.49. The fourth-order valence-electron chi connectivity index (χ4n) is 2.87. The minimum absolute atomic E-state index is 0.232. The quantitative estimate of drug-likeness (QED) is 0.521. The van der Waals surface area contributed by atoms with Crippen molar-refractivity contribution in [3.63, 3.8) is 0 Å². The second-order valence-electron chi connectivity index (χ2n) is 5.92. The molecule has 0 aromatic carbocycles. The van der Waals surface area contributed by atoms with Crippen LogP contribution in [0.4, 0.5) is 0 Å². The molecule has 16 heavy (non-hydrogen) atoms. The summed E-state index contributed by atoms with van der Waals surface area (Å²) in [4.78, 5) is 10.6. The normalized spacial score (nSPS) is 18.8. The van der Waals surface area contributed by atoms with E-state index in [1.54, 1.807) is 0 Å². The van der Waals surface area contributed by atoms with Gasteiger partial charge in [0.15, 0.2) is 0 Å². The zero-order valence-corrected chi connectivity index (χ0v) is 11.8. The van der Waals surface area contributed by atoms with Gasteiger partial charge in [-0.3, -0.25) is 0 Å². The fraction of sp³-hybridized carbons (Fsp3) is 0.933. The van der Waals surface area contributed by atoms with Gasteiger partial charge in [0.1, 0.15) is 6.29 Å². The predicted octanol–water partition coefficient (Wildman–Crippen LogP) is 4.70. The molecule has 0 bridgehead atoms. The summed E-state index contributed by atoms with van der Waals surface area (Å²) in [6.07, 6.45) is 7.39. The SMILES string of the molecule is CCC[C@@H](C)C[C@@H](C)C[C@H](C)C[C@@H](C)C=O. The molecule has 0 N–H and O–H groups in total. The number of carbonyl (C=O) groups excluding carboxylic acids is 1. The lowest BCUT2D eigenvalue weighted by Crippen LogP contribution is -2.10. The van der Waals surface area contributed by atoms with Gasteiger partial charge in [0.25, 0.3) is 0 Å². The summed E-state index contributed by atoms with van der Waals surface area (Å²) >= 11 is 0. The van der Waals surface area contributed by atoms with Gasteiger partial charge in [-0.2, -0.15) is 0 Å². The van der Waals surface area contributed by atoms with Crippen molar-refractivity contribution in [2.24, 2.45) is 23.7 Å². The van der Waals surface area contributed by atoms with Crippen LogP contribution in [0, 0.1) is 23.7 Å². The largest absolute Gasteiger partial charge is 0.303 e. The van der Waals surface area contributed by atoms with Crippen LogP contribution >= 0.6 is 0 Å². The lowest BCUT2D eigenvalue weighted by atomic mass is 9.85. The van der Waals surface area contributed by atoms with Crippen LogP contribution in [-0.4, -0.2) is 6.29 Å². The van der Waals surface area contributed by atoms with E-state index in [9.17, 15) is 4.79 Å². The van der Waals surface area contributed by atoms with E-state index in [1.807, 2.05) is 6.92 Å². The van der Waals surface area contributed by atoms with Crippen LogP contribution in [-0.2, 0) is 4.79 Å². The second-order valence-corrected chi connectivity index (χ2v) is 5.92. The number of hydrogen-bond donors (Lipinski definition) is 0. The zero-order chi connectivity index (χ0) is 12.6. The van der Waals surface area contributed by atoms with E-state index in [0.29, 0.717) is 5.92 Å². The lowest BCUT2D eigenvalue weighted by molar-refractivity contribution is -0.111. The van der Waals surface area contributed by atoms with E-state index in [4.69, 9.17) is 0 Å². The molecule has 0 aromatic heterocycles. The standard InChI is InChI=1S/C15H30O/c1-6-7-12(2)8-13(3)9-14(4)10-15(5)11-16/h11-15H,6-10H2,1-5H3/t12-,13-,14+,15-/m1/s1. The number of carbonyl (C=O) groups is 1. The average Bonchev–Trinajstić information content (AvgIpc) is 2.16. The Morgan fingerprint density at radius 3 is 1.88 bits per heavy atom. The Hall–Kier alpha value is -0.330. The maximum atomic E-state index is 10.6. The van der Waals surface area contributed by atoms with E-state index in [0.717, 1.165) is 24.5 Å². The molecule has 0 spiro atoms. The molecule has 0 aliphatic carbocycles. The molecule has 0 amide bonds. The number of aldehydes is 1. The van der Waals surface area contributed by atoms with Gasteiger partial charge >= 0.3 is 0 Å². The Morgan fingerprint density at radius 1 is 0.875 bits per heavy atom. The van der Waals surface area contributed by atoms with Gasteiger partial charge in [0, 0.05) is 5.92 Å². The van der Waals surface area contributed by atoms with Crippen molar-refractivity contribution in [1.82, 2.24) is 0 Å². The Kier molecular flexibility index (Phi) is 8.60. The van der Waals surface area contributed by atoms with Crippen molar-refractivity contribution in [2.75, 3.05) is 0 Å². The van der Waals surface area contributed by atoms with Gasteiger partial charge in [-0.25, -0.2) is 0 Å². The highest BCUT2D eigenvalue weighted by molar-refractivity contribution is 5.52. The van der Waals surface area contributed by atoms with E-state index >= 15 is 0 Å². The minimum atomic E-state index is 0.232. The van der Waals surface area contributed by atoms with Crippen LogP contribution < -0.4 is 0 Å². The van der Waals surface area contributed by atoms with Crippen LogP contribution in [0.25, 0.3) is 0 Å². The smallest absolute Gasteiger partial charge is 0.122 e. The van der Waals surface area contributed by atoms with E-state index in [2.05, 4.69) is 27.7 Å². The summed E-state index contributed by atoms with van der Waals surface area (Å²) < 4.78 is 0. The van der Waals surface area contributed by atoms with Gasteiger partial charge in [-0.05, 0) is 37.0 Å². The van der Waals surface area contributed by atoms with Crippen molar-refractivity contribution in [2.45, 2.75) is 66.7 Å². The van der Waals surface area contributed by atoms with Crippen molar-refractivity contribution in [1.29, 1.82) is 0 Å². The molecule has 0 saturated carbocycles. The van der Waals surface area contributed by atoms with E-state index in [1.165, 1.54) is 25.7 Å². The molecule has 1 heteroatoms. The summed E-state index contributed by atoms with van der Waals surface area (Å²) in [7, 11) is 0. The first-order valence-corrected chi connectivity index (χ1v) is 6.94. The van der Waals surface area contributed by atoms with Gasteiger partial charge < -0.3 is 4.79 Å². The molecular weight excluding hydrogens is 196 g/mol. The molecule has 0 fully saturated rings. The van der Waals surface area contributed by atoms with Crippen molar-refractivity contribution < 1.29 is 4.79 Å². The molecule has 0 rings (SSSR count). The Labute approximate surface area is 102 Å². The fourth-order valence-corrected chi connectivity index (χ4v) is 2.87. The summed E-state index contributed by atoms with van der Waals surface area (Å²) in [5.74, 6) is 2.57. The molecule has 0 aliphatic heterocycles. The first-order valence-electron chi connectivity index (χ1n) is 6.94. The molecular formula is C15H30O. The Bertz CT molecular complexity index is 176. The third-order valence-electron chi connectivity index (χ3n) is 3.40. The highest BCUT2D eigenvalue weighted by Gasteiger charge is 2.14. The molecule has 0 unspecified atom stereocenters. The number of hydrogen-bond acceptors (Lipinski definition) is 1. The summed E-state index contributed by atoms with van der Waals surface area (Å²) in [6, 6.07) is 0. The predicted molar refractivity (Wildman–Crippen MR) is 71.5 cm³/mol. The van der Waals surface area contributed by atoms with Crippen molar-refractivity contribution in [3.05, 3.63) is 0 Å². The number of rotatable bonds is 9. The van der Waals surface area contributed by atoms with Gasteiger partial charge in [-0.15, -0.1) is 0 Å². The van der Waals surface area contributed by atoms with Crippen LogP contribution in [0.3, 0.4) is 0 Å². The Morgan fingerprint density at radius 2 is 1.38 bits per heavy atom. The molecule has 96 valence electrons. The minimum Gasteiger partial charge on any atom is -0.303 e. The summed E-state index contributed by atoms with van der Waals surface area (Å²) in [5.41, 5.74) is 0. The van der Waals surface area contributed by atoms with Crippen molar-refractivity contribution >= 4 is 6.29 Å². The molecule has 4 atom stereocenters. The van der Waals surface area contributed by atoms with Gasteiger partial charge in [-0.1, -0.05) is 47.5 Å². The maximum absolute atomic E-state index is 10.6. The molecule has 0 radical (unpaired) electrons. The summed E-state index contributed by atoms with van der Waals surface area (Å²) in [5, 5.41) is 0. The third-order valence-corrected chi connectivity index (χ3v) is 3.40.